The summed E-state index contributed by atoms with van der Waals surface area (Å²) in [6.07, 6.45) is 3.15. The Balaban J connectivity index is 1.79. The van der Waals surface area contributed by atoms with Gasteiger partial charge in [0.05, 0.1) is 5.57 Å². The number of allylic oxidation sites excluding steroid dienone is 1. The van der Waals surface area contributed by atoms with Crippen molar-refractivity contribution in [3.63, 3.8) is 0 Å². The summed E-state index contributed by atoms with van der Waals surface area (Å²) in [5.41, 5.74) is 2.79. The Bertz CT molecular complexity index is 1070. The van der Waals surface area contributed by atoms with Crippen LogP contribution in [0.25, 0.3) is 0 Å². The lowest BCUT2D eigenvalue weighted by Gasteiger charge is -2.29. The molecule has 2 aromatic carbocycles. The minimum Gasteiger partial charge on any atom is -0.489 e. The van der Waals surface area contributed by atoms with E-state index in [0.717, 1.165) is 11.3 Å². The van der Waals surface area contributed by atoms with E-state index in [0.29, 0.717) is 29.6 Å². The predicted molar refractivity (Wildman–Crippen MR) is 112 cm³/mol. The Kier molecular flexibility index (Phi) is 5.11. The van der Waals surface area contributed by atoms with Gasteiger partial charge in [0.25, 0.3) is 5.91 Å². The van der Waals surface area contributed by atoms with Crippen LogP contribution < -0.4 is 15.4 Å². The first-order valence-electron chi connectivity index (χ1n) is 9.25. The van der Waals surface area contributed by atoms with Crippen molar-refractivity contribution in [3.8, 4) is 5.75 Å². The van der Waals surface area contributed by atoms with Gasteiger partial charge in [0.15, 0.2) is 0 Å². The van der Waals surface area contributed by atoms with Crippen LogP contribution in [0.5, 0.6) is 5.75 Å². The number of carbonyl (C=O) groups excluding carboxylic acids is 1. The lowest BCUT2D eigenvalue weighted by molar-refractivity contribution is -0.113. The number of nitrogens with zero attached hydrogens (tertiary/aromatic N) is 3. The first kappa shape index (κ1) is 18.5. The number of benzene rings is 2. The third-order valence-corrected chi connectivity index (χ3v) is 4.64. The molecule has 1 atom stereocenters. The van der Waals surface area contributed by atoms with Crippen LogP contribution in [-0.2, 0) is 4.79 Å². The topological polar surface area (TPSA) is 81.1 Å². The SMILES string of the molecule is C=CCOc1ccccc1[C@H]1C(C(=O)Nc2ccccc2)=C(C)Nc2ncnn21. The third-order valence-electron chi connectivity index (χ3n) is 4.64. The molecule has 0 fully saturated rings. The van der Waals surface area contributed by atoms with Crippen molar-refractivity contribution in [2.45, 2.75) is 13.0 Å². The van der Waals surface area contributed by atoms with Gasteiger partial charge in [-0.15, -0.1) is 0 Å². The number of para-hydroxylation sites is 2. The zero-order valence-electron chi connectivity index (χ0n) is 16.0. The Morgan fingerprint density at radius 3 is 2.79 bits per heavy atom. The minimum absolute atomic E-state index is 0.217. The fourth-order valence-corrected chi connectivity index (χ4v) is 3.38. The molecule has 29 heavy (non-hydrogen) atoms. The summed E-state index contributed by atoms with van der Waals surface area (Å²) in [7, 11) is 0. The molecule has 0 saturated carbocycles. The number of fused-ring (bicyclic) bond motifs is 1. The first-order chi connectivity index (χ1) is 14.2. The van der Waals surface area contributed by atoms with E-state index in [-0.39, 0.29) is 5.91 Å². The van der Waals surface area contributed by atoms with Crippen LogP contribution in [0.1, 0.15) is 18.5 Å². The van der Waals surface area contributed by atoms with Crippen LogP contribution in [0.4, 0.5) is 11.6 Å². The lowest BCUT2D eigenvalue weighted by Crippen LogP contribution is -2.31. The second kappa shape index (κ2) is 8.02. The molecule has 0 radical (unpaired) electrons. The van der Waals surface area contributed by atoms with Crippen molar-refractivity contribution in [1.82, 2.24) is 14.8 Å². The summed E-state index contributed by atoms with van der Waals surface area (Å²) in [6.45, 7) is 5.93. The third kappa shape index (κ3) is 3.62. The normalized spacial score (nSPS) is 15.3. The van der Waals surface area contributed by atoms with Crippen molar-refractivity contribution < 1.29 is 9.53 Å². The van der Waals surface area contributed by atoms with Gasteiger partial charge in [0, 0.05) is 16.9 Å². The molecule has 4 rings (SSSR count). The Hall–Kier alpha value is -3.87. The molecule has 7 heteroatoms. The molecule has 0 spiro atoms. The lowest BCUT2D eigenvalue weighted by atomic mass is 9.94. The highest BCUT2D eigenvalue weighted by atomic mass is 16.5. The smallest absolute Gasteiger partial charge is 0.255 e. The molecular formula is C22H21N5O2. The van der Waals surface area contributed by atoms with Crippen LogP contribution >= 0.6 is 0 Å². The minimum atomic E-state index is -0.488. The average molecular weight is 387 g/mol. The van der Waals surface area contributed by atoms with Gasteiger partial charge in [-0.3, -0.25) is 4.79 Å². The monoisotopic (exact) mass is 387 g/mol. The predicted octanol–water partition coefficient (Wildman–Crippen LogP) is 3.77. The van der Waals surface area contributed by atoms with Gasteiger partial charge in [-0.25, -0.2) is 4.68 Å². The van der Waals surface area contributed by atoms with Crippen LogP contribution in [-0.4, -0.2) is 27.3 Å². The Morgan fingerprint density at radius 2 is 2.00 bits per heavy atom. The fourth-order valence-electron chi connectivity index (χ4n) is 3.38. The zero-order valence-corrected chi connectivity index (χ0v) is 16.0. The Labute approximate surface area is 168 Å². The molecule has 0 bridgehead atoms. The second-order valence-corrected chi connectivity index (χ2v) is 6.55. The largest absolute Gasteiger partial charge is 0.489 e. The number of aromatic nitrogens is 3. The van der Waals surface area contributed by atoms with Crippen LogP contribution in [0.3, 0.4) is 0 Å². The number of hydrogen-bond acceptors (Lipinski definition) is 5. The van der Waals surface area contributed by atoms with Crippen molar-refractivity contribution in [2.75, 3.05) is 17.2 Å². The molecule has 3 aromatic rings. The highest BCUT2D eigenvalue weighted by Crippen LogP contribution is 2.39. The molecule has 146 valence electrons. The number of ether oxygens (including phenoxy) is 1. The maximum Gasteiger partial charge on any atom is 0.255 e. The molecule has 1 aromatic heterocycles. The maximum atomic E-state index is 13.3. The van der Waals surface area contributed by atoms with Gasteiger partial charge in [0.1, 0.15) is 24.7 Å². The van der Waals surface area contributed by atoms with E-state index in [1.54, 1.807) is 10.8 Å². The second-order valence-electron chi connectivity index (χ2n) is 6.55. The fraction of sp³-hybridized carbons (Fsp3) is 0.136. The van der Waals surface area contributed by atoms with E-state index in [1.165, 1.54) is 6.33 Å². The summed E-state index contributed by atoms with van der Waals surface area (Å²) < 4.78 is 7.56. The summed E-state index contributed by atoms with van der Waals surface area (Å²) in [5, 5.41) is 10.5. The van der Waals surface area contributed by atoms with E-state index in [9.17, 15) is 4.79 Å². The molecule has 1 aliphatic heterocycles. The van der Waals surface area contributed by atoms with E-state index < -0.39 is 6.04 Å². The molecule has 1 amide bonds. The quantitative estimate of drug-likeness (QED) is 0.629. The van der Waals surface area contributed by atoms with Crippen LogP contribution in [0.15, 0.2) is 84.8 Å². The molecule has 2 heterocycles. The molecule has 7 nitrogen and oxygen atoms in total. The maximum absolute atomic E-state index is 13.3. The Morgan fingerprint density at radius 1 is 1.24 bits per heavy atom. The standard InChI is InChI=1S/C22H21N5O2/c1-3-13-29-18-12-8-7-11-17(18)20-19(15(2)25-22-23-14-24-27(20)22)21(28)26-16-9-5-4-6-10-16/h3-12,14,20H,1,13H2,2H3,(H,26,28)(H,23,24,25)/t20-/m0/s1. The van der Waals surface area contributed by atoms with Gasteiger partial charge in [0.2, 0.25) is 5.95 Å². The van der Waals surface area contributed by atoms with E-state index in [2.05, 4.69) is 27.3 Å². The van der Waals surface area contributed by atoms with Crippen molar-refractivity contribution >= 4 is 17.5 Å². The zero-order chi connectivity index (χ0) is 20.2. The number of amides is 1. The molecule has 2 N–H and O–H groups in total. The highest BCUT2D eigenvalue weighted by molar-refractivity contribution is 6.06. The molecule has 0 aliphatic carbocycles. The van der Waals surface area contributed by atoms with Gasteiger partial charge >= 0.3 is 0 Å². The van der Waals surface area contributed by atoms with E-state index >= 15 is 0 Å². The number of carbonyl (C=O) groups is 1. The van der Waals surface area contributed by atoms with Crippen molar-refractivity contribution in [1.29, 1.82) is 0 Å². The molecule has 1 aliphatic rings. The molecule has 0 saturated heterocycles. The molecule has 0 unspecified atom stereocenters. The van der Waals surface area contributed by atoms with Gasteiger partial charge < -0.3 is 15.4 Å². The highest BCUT2D eigenvalue weighted by Gasteiger charge is 2.35. The first-order valence-corrected chi connectivity index (χ1v) is 9.25. The van der Waals surface area contributed by atoms with Gasteiger partial charge in [-0.1, -0.05) is 49.1 Å². The van der Waals surface area contributed by atoms with E-state index in [4.69, 9.17) is 4.74 Å². The summed E-state index contributed by atoms with van der Waals surface area (Å²) >= 11 is 0. The van der Waals surface area contributed by atoms with Gasteiger partial charge in [-0.05, 0) is 25.1 Å². The number of rotatable bonds is 6. The van der Waals surface area contributed by atoms with E-state index in [1.807, 2.05) is 61.5 Å². The van der Waals surface area contributed by atoms with Gasteiger partial charge in [-0.2, -0.15) is 10.1 Å². The van der Waals surface area contributed by atoms with Crippen LogP contribution in [0.2, 0.25) is 0 Å². The number of hydrogen-bond donors (Lipinski definition) is 2. The summed E-state index contributed by atoms with van der Waals surface area (Å²) in [6, 6.07) is 16.5. The summed E-state index contributed by atoms with van der Waals surface area (Å²) in [5.74, 6) is 1.02. The van der Waals surface area contributed by atoms with Crippen molar-refractivity contribution in [2.24, 2.45) is 0 Å². The number of anilines is 2. The summed E-state index contributed by atoms with van der Waals surface area (Å²) in [4.78, 5) is 17.6. The molecular weight excluding hydrogens is 366 g/mol. The average Bonchev–Trinajstić information content (AvgIpc) is 3.20. The van der Waals surface area contributed by atoms with Crippen molar-refractivity contribution in [3.05, 3.63) is 90.4 Å². The van der Waals surface area contributed by atoms with Crippen LogP contribution in [0, 0.1) is 0 Å². The number of nitrogens with one attached hydrogen (secondary N) is 2.